The van der Waals surface area contributed by atoms with E-state index < -0.39 is 11.9 Å². The lowest BCUT2D eigenvalue weighted by molar-refractivity contribution is -0.147. The predicted octanol–water partition coefficient (Wildman–Crippen LogP) is 2.65. The number of benzene rings is 2. The Morgan fingerprint density at radius 1 is 1.06 bits per heavy atom. The molecule has 0 aliphatic carbocycles. The van der Waals surface area contributed by atoms with Crippen LogP contribution in [0.15, 0.2) is 53.3 Å². The maximum Gasteiger partial charge on any atom is 0.306 e. The average molecular weight is 434 g/mol. The van der Waals surface area contributed by atoms with Crippen LogP contribution in [0.4, 0.5) is 11.4 Å². The van der Waals surface area contributed by atoms with Crippen LogP contribution in [0.5, 0.6) is 0 Å². The molecule has 1 aromatic heterocycles. The number of hydrogen-bond acceptors (Lipinski definition) is 6. The molecule has 0 atom stereocenters. The van der Waals surface area contributed by atoms with Crippen molar-refractivity contribution in [3.8, 4) is 0 Å². The number of para-hydroxylation sites is 1. The van der Waals surface area contributed by atoms with Crippen molar-refractivity contribution in [1.29, 1.82) is 0 Å². The predicted molar refractivity (Wildman–Crippen MR) is 123 cm³/mol. The molecule has 1 fully saturated rings. The Morgan fingerprint density at radius 2 is 1.78 bits per heavy atom. The minimum atomic E-state index is -0.521. The van der Waals surface area contributed by atoms with Crippen molar-refractivity contribution in [2.75, 3.05) is 29.9 Å². The number of amides is 1. The molecule has 32 heavy (non-hydrogen) atoms. The highest BCUT2D eigenvalue weighted by Gasteiger charge is 2.14. The van der Waals surface area contributed by atoms with Crippen LogP contribution < -0.4 is 15.8 Å². The van der Waals surface area contributed by atoms with Gasteiger partial charge in [0.2, 0.25) is 0 Å². The number of anilines is 2. The van der Waals surface area contributed by atoms with E-state index >= 15 is 0 Å². The summed E-state index contributed by atoms with van der Waals surface area (Å²) in [5, 5.41) is 3.27. The summed E-state index contributed by atoms with van der Waals surface area (Å²) in [6.45, 7) is 1.76. The lowest BCUT2D eigenvalue weighted by Crippen LogP contribution is -2.24. The molecule has 3 aromatic rings. The Balaban J connectivity index is 1.26. The number of esters is 1. The Bertz CT molecular complexity index is 1180. The molecule has 2 aromatic carbocycles. The molecule has 8 nitrogen and oxygen atoms in total. The number of hydrogen-bond donors (Lipinski definition) is 1. The van der Waals surface area contributed by atoms with Crippen LogP contribution in [-0.4, -0.2) is 41.1 Å². The molecule has 0 saturated carbocycles. The van der Waals surface area contributed by atoms with Gasteiger partial charge in [-0.05, 0) is 49.2 Å². The van der Waals surface area contributed by atoms with Gasteiger partial charge >= 0.3 is 5.97 Å². The van der Waals surface area contributed by atoms with Crippen molar-refractivity contribution in [2.45, 2.75) is 25.7 Å². The Morgan fingerprint density at radius 3 is 2.53 bits per heavy atom. The van der Waals surface area contributed by atoms with Crippen LogP contribution >= 0.6 is 0 Å². The number of nitrogens with zero attached hydrogens (tertiary/aromatic N) is 3. The highest BCUT2D eigenvalue weighted by atomic mass is 16.5. The maximum atomic E-state index is 12.4. The minimum absolute atomic E-state index is 0.0242. The van der Waals surface area contributed by atoms with Crippen molar-refractivity contribution in [2.24, 2.45) is 7.05 Å². The first-order valence-corrected chi connectivity index (χ1v) is 10.8. The van der Waals surface area contributed by atoms with Gasteiger partial charge in [-0.3, -0.25) is 19.0 Å². The third-order valence-corrected chi connectivity index (χ3v) is 5.62. The quantitative estimate of drug-likeness (QED) is 0.575. The van der Waals surface area contributed by atoms with Gasteiger partial charge in [0.15, 0.2) is 6.61 Å². The number of carbonyl (C=O) groups is 2. The van der Waals surface area contributed by atoms with Gasteiger partial charge < -0.3 is 15.0 Å². The lowest BCUT2D eigenvalue weighted by Gasteiger charge is -2.17. The fraction of sp³-hybridized carbons (Fsp3) is 0.333. The lowest BCUT2D eigenvalue weighted by atomic mass is 10.2. The topological polar surface area (TPSA) is 93.5 Å². The van der Waals surface area contributed by atoms with Crippen LogP contribution in [0.2, 0.25) is 0 Å². The number of fused-ring (bicyclic) bond motifs is 1. The summed E-state index contributed by atoms with van der Waals surface area (Å²) in [5.41, 5.74) is 2.23. The molecule has 1 N–H and O–H groups in total. The smallest absolute Gasteiger partial charge is 0.306 e. The van der Waals surface area contributed by atoms with Crippen molar-refractivity contribution in [1.82, 2.24) is 9.55 Å². The van der Waals surface area contributed by atoms with Gasteiger partial charge in [-0.25, -0.2) is 4.98 Å². The molecule has 1 aliphatic rings. The van der Waals surface area contributed by atoms with Crippen LogP contribution in [0, 0.1) is 0 Å². The second-order valence-electron chi connectivity index (χ2n) is 7.86. The molecular weight excluding hydrogens is 408 g/mol. The van der Waals surface area contributed by atoms with E-state index in [-0.39, 0.29) is 25.0 Å². The summed E-state index contributed by atoms with van der Waals surface area (Å²) in [6.07, 6.45) is 2.68. The van der Waals surface area contributed by atoms with E-state index in [1.54, 1.807) is 25.2 Å². The van der Waals surface area contributed by atoms with Crippen molar-refractivity contribution < 1.29 is 14.3 Å². The Hall–Kier alpha value is -3.68. The standard InChI is InChI=1S/C24H26N4O4/c1-27-21(26-20-7-3-2-6-19(20)24(27)31)12-13-23(30)32-16-22(29)25-17-8-10-18(11-9-17)28-14-4-5-15-28/h2-3,6-11H,4-5,12-16H2,1H3,(H,25,29). The normalized spacial score (nSPS) is 13.3. The zero-order valence-corrected chi connectivity index (χ0v) is 18.0. The SMILES string of the molecule is Cn1c(CCC(=O)OCC(=O)Nc2ccc(N3CCCC3)cc2)nc2ccccc2c1=O. The molecule has 0 spiro atoms. The third kappa shape index (κ3) is 4.96. The summed E-state index contributed by atoms with van der Waals surface area (Å²) >= 11 is 0. The first-order chi connectivity index (χ1) is 15.5. The first-order valence-electron chi connectivity index (χ1n) is 10.8. The van der Waals surface area contributed by atoms with E-state index in [1.807, 2.05) is 30.3 Å². The largest absolute Gasteiger partial charge is 0.456 e. The second kappa shape index (κ2) is 9.64. The molecule has 0 bridgehead atoms. The molecule has 8 heteroatoms. The van der Waals surface area contributed by atoms with E-state index in [0.29, 0.717) is 22.4 Å². The molecule has 166 valence electrons. The maximum absolute atomic E-state index is 12.4. The fourth-order valence-electron chi connectivity index (χ4n) is 3.85. The van der Waals surface area contributed by atoms with Gasteiger partial charge in [-0.15, -0.1) is 0 Å². The van der Waals surface area contributed by atoms with Crippen molar-refractivity contribution >= 4 is 34.2 Å². The summed E-state index contributed by atoms with van der Waals surface area (Å²) in [6, 6.07) is 14.7. The van der Waals surface area contributed by atoms with Crippen LogP contribution in [0.25, 0.3) is 10.9 Å². The van der Waals surface area contributed by atoms with Crippen LogP contribution in [0.1, 0.15) is 25.1 Å². The molecule has 1 amide bonds. The van der Waals surface area contributed by atoms with Gasteiger partial charge in [0, 0.05) is 37.9 Å². The van der Waals surface area contributed by atoms with Crippen LogP contribution in [-0.2, 0) is 27.8 Å². The fourth-order valence-corrected chi connectivity index (χ4v) is 3.85. The molecule has 1 aliphatic heterocycles. The first kappa shape index (κ1) is 21.5. The van der Waals surface area contributed by atoms with Gasteiger partial charge in [-0.2, -0.15) is 0 Å². The van der Waals surface area contributed by atoms with Crippen molar-refractivity contribution in [3.63, 3.8) is 0 Å². The van der Waals surface area contributed by atoms with Gasteiger partial charge in [0.25, 0.3) is 11.5 Å². The van der Waals surface area contributed by atoms with Crippen molar-refractivity contribution in [3.05, 3.63) is 64.7 Å². The van der Waals surface area contributed by atoms with Gasteiger partial charge in [-0.1, -0.05) is 12.1 Å². The second-order valence-corrected chi connectivity index (χ2v) is 7.86. The number of nitrogens with one attached hydrogen (secondary N) is 1. The minimum Gasteiger partial charge on any atom is -0.456 e. The summed E-state index contributed by atoms with van der Waals surface area (Å²) in [4.78, 5) is 43.4. The van der Waals surface area contributed by atoms with E-state index in [1.165, 1.54) is 17.4 Å². The number of aryl methyl sites for hydroxylation is 1. The highest BCUT2D eigenvalue weighted by Crippen LogP contribution is 2.22. The Labute approximate surface area is 185 Å². The molecular formula is C24H26N4O4. The summed E-state index contributed by atoms with van der Waals surface area (Å²) in [5.74, 6) is -0.427. The molecule has 0 radical (unpaired) electrons. The Kier molecular flexibility index (Phi) is 6.49. The number of rotatable bonds is 7. The number of aromatic nitrogens is 2. The zero-order valence-electron chi connectivity index (χ0n) is 18.0. The van der Waals surface area contributed by atoms with Gasteiger partial charge in [0.05, 0.1) is 17.3 Å². The monoisotopic (exact) mass is 434 g/mol. The third-order valence-electron chi connectivity index (χ3n) is 5.62. The molecule has 1 saturated heterocycles. The highest BCUT2D eigenvalue weighted by molar-refractivity contribution is 5.93. The molecule has 4 rings (SSSR count). The van der Waals surface area contributed by atoms with E-state index in [0.717, 1.165) is 18.8 Å². The number of carbonyl (C=O) groups excluding carboxylic acids is 2. The summed E-state index contributed by atoms with van der Waals surface area (Å²) < 4.78 is 6.52. The van der Waals surface area contributed by atoms with E-state index in [9.17, 15) is 14.4 Å². The summed E-state index contributed by atoms with van der Waals surface area (Å²) in [7, 11) is 1.63. The van der Waals surface area contributed by atoms with Gasteiger partial charge in [0.1, 0.15) is 5.82 Å². The number of ether oxygens (including phenoxy) is 1. The molecule has 2 heterocycles. The molecule has 0 unspecified atom stereocenters. The zero-order chi connectivity index (χ0) is 22.5. The average Bonchev–Trinajstić information content (AvgIpc) is 3.35. The van der Waals surface area contributed by atoms with E-state index in [4.69, 9.17) is 4.74 Å². The van der Waals surface area contributed by atoms with E-state index in [2.05, 4.69) is 15.2 Å². The van der Waals surface area contributed by atoms with Crippen LogP contribution in [0.3, 0.4) is 0 Å².